The molecule has 0 radical (unpaired) electrons. The highest BCUT2D eigenvalue weighted by Gasteiger charge is 2.46. The maximum atomic E-state index is 13.2. The lowest BCUT2D eigenvalue weighted by atomic mass is 9.75. The molecule has 0 spiro atoms. The molecule has 1 amide bonds. The monoisotopic (exact) mass is 344 g/mol. The number of carbonyl (C=O) groups is 1. The first kappa shape index (κ1) is 15.7. The van der Waals surface area contributed by atoms with Crippen LogP contribution in [0.25, 0.3) is 0 Å². The van der Waals surface area contributed by atoms with Gasteiger partial charge >= 0.3 is 0 Å². The molecule has 1 aromatic carbocycles. The second kappa shape index (κ2) is 5.90. The maximum absolute atomic E-state index is 13.2. The second-order valence-electron chi connectivity index (χ2n) is 6.91. The van der Waals surface area contributed by atoms with Crippen LogP contribution in [0.15, 0.2) is 30.3 Å². The summed E-state index contributed by atoms with van der Waals surface area (Å²) in [6.45, 7) is 5.64. The van der Waals surface area contributed by atoms with Gasteiger partial charge in [-0.15, -0.1) is 0 Å². The number of nitrogens with zero attached hydrogens (tertiary/aromatic N) is 3. The van der Waals surface area contributed by atoms with Gasteiger partial charge < -0.3 is 10.2 Å². The Labute approximate surface area is 146 Å². The molecule has 2 aliphatic rings. The highest BCUT2D eigenvalue weighted by atomic mass is 35.5. The first-order valence-electron chi connectivity index (χ1n) is 8.34. The van der Waals surface area contributed by atoms with E-state index in [9.17, 15) is 4.79 Å². The number of hydrogen-bond acceptors (Lipinski definition) is 3. The van der Waals surface area contributed by atoms with Crippen LogP contribution >= 0.6 is 11.6 Å². The molecule has 0 saturated carbocycles. The zero-order valence-corrected chi connectivity index (χ0v) is 14.5. The summed E-state index contributed by atoms with van der Waals surface area (Å²) in [5, 5.41) is 8.48. The zero-order chi connectivity index (χ0) is 16.7. The average Bonchev–Trinajstić information content (AvgIpc) is 2.91. The molecule has 0 atom stereocenters. The van der Waals surface area contributed by atoms with Crippen molar-refractivity contribution in [1.29, 1.82) is 0 Å². The molecule has 0 unspecified atom stereocenters. The van der Waals surface area contributed by atoms with E-state index in [1.807, 2.05) is 40.8 Å². The van der Waals surface area contributed by atoms with E-state index < -0.39 is 0 Å². The Morgan fingerprint density at radius 2 is 2.04 bits per heavy atom. The van der Waals surface area contributed by atoms with Gasteiger partial charge in [0.2, 0.25) is 5.91 Å². The van der Waals surface area contributed by atoms with Gasteiger partial charge in [-0.05, 0) is 37.1 Å². The number of hydrogen-bond donors (Lipinski definition) is 1. The standard InChI is InChI=1S/C18H21ClN4O/c1-13-8-16-10-22(6-7-23(16)21-13)17(24)18(11-20-12-18)9-14-2-4-15(19)5-3-14/h2-5,8,20H,6-7,9-12H2,1H3. The number of benzene rings is 1. The van der Waals surface area contributed by atoms with Crippen LogP contribution in [-0.2, 0) is 24.3 Å². The van der Waals surface area contributed by atoms with Crippen molar-refractivity contribution in [2.75, 3.05) is 19.6 Å². The molecule has 3 heterocycles. The molecule has 2 aliphatic heterocycles. The smallest absolute Gasteiger partial charge is 0.232 e. The normalized spacial score (nSPS) is 18.8. The van der Waals surface area contributed by atoms with Gasteiger partial charge in [0.25, 0.3) is 0 Å². The van der Waals surface area contributed by atoms with E-state index in [4.69, 9.17) is 11.6 Å². The van der Waals surface area contributed by atoms with Crippen molar-refractivity contribution in [1.82, 2.24) is 20.0 Å². The van der Waals surface area contributed by atoms with Gasteiger partial charge in [-0.3, -0.25) is 9.48 Å². The lowest BCUT2D eigenvalue weighted by Crippen LogP contribution is -2.63. The minimum absolute atomic E-state index is 0.251. The summed E-state index contributed by atoms with van der Waals surface area (Å²) in [7, 11) is 0. The van der Waals surface area contributed by atoms with Crippen LogP contribution in [0.2, 0.25) is 5.02 Å². The van der Waals surface area contributed by atoms with Crippen LogP contribution < -0.4 is 5.32 Å². The van der Waals surface area contributed by atoms with Crippen LogP contribution in [0.3, 0.4) is 0 Å². The van der Waals surface area contributed by atoms with Crippen molar-refractivity contribution in [2.45, 2.75) is 26.4 Å². The van der Waals surface area contributed by atoms with Crippen molar-refractivity contribution in [3.63, 3.8) is 0 Å². The zero-order valence-electron chi connectivity index (χ0n) is 13.8. The Morgan fingerprint density at radius 3 is 2.71 bits per heavy atom. The van der Waals surface area contributed by atoms with E-state index in [1.165, 1.54) is 0 Å². The third-order valence-electron chi connectivity index (χ3n) is 5.04. The summed E-state index contributed by atoms with van der Waals surface area (Å²) in [5.74, 6) is 0.251. The predicted octanol–water partition coefficient (Wildman–Crippen LogP) is 2.02. The summed E-state index contributed by atoms with van der Waals surface area (Å²) < 4.78 is 2.02. The first-order chi connectivity index (χ1) is 11.6. The van der Waals surface area contributed by atoms with Crippen molar-refractivity contribution in [2.24, 2.45) is 5.41 Å². The third kappa shape index (κ3) is 2.72. The second-order valence-corrected chi connectivity index (χ2v) is 7.35. The number of halogens is 1. The van der Waals surface area contributed by atoms with Gasteiger partial charge in [0.15, 0.2) is 0 Å². The lowest BCUT2D eigenvalue weighted by molar-refractivity contribution is -0.147. The van der Waals surface area contributed by atoms with Crippen molar-refractivity contribution < 1.29 is 4.79 Å². The molecule has 126 valence electrons. The molecule has 0 aliphatic carbocycles. The first-order valence-corrected chi connectivity index (χ1v) is 8.71. The van der Waals surface area contributed by atoms with E-state index in [0.717, 1.165) is 54.6 Å². The molecule has 1 saturated heterocycles. The predicted molar refractivity (Wildman–Crippen MR) is 92.8 cm³/mol. The fraction of sp³-hybridized carbons (Fsp3) is 0.444. The molecule has 4 rings (SSSR count). The lowest BCUT2D eigenvalue weighted by Gasteiger charge is -2.45. The quantitative estimate of drug-likeness (QED) is 0.926. The highest BCUT2D eigenvalue weighted by Crippen LogP contribution is 2.32. The largest absolute Gasteiger partial charge is 0.334 e. The van der Waals surface area contributed by atoms with E-state index in [0.29, 0.717) is 6.54 Å². The topological polar surface area (TPSA) is 50.2 Å². The van der Waals surface area contributed by atoms with E-state index >= 15 is 0 Å². The van der Waals surface area contributed by atoms with Gasteiger partial charge in [-0.2, -0.15) is 5.10 Å². The van der Waals surface area contributed by atoms with Gasteiger partial charge in [0.05, 0.1) is 29.9 Å². The third-order valence-corrected chi connectivity index (χ3v) is 5.30. The van der Waals surface area contributed by atoms with Crippen LogP contribution in [0, 0.1) is 12.3 Å². The summed E-state index contributed by atoms with van der Waals surface area (Å²) >= 11 is 5.97. The van der Waals surface area contributed by atoms with Crippen LogP contribution in [0.5, 0.6) is 0 Å². The van der Waals surface area contributed by atoms with Crippen LogP contribution in [-0.4, -0.2) is 40.2 Å². The molecule has 1 fully saturated rings. The number of amides is 1. The number of fused-ring (bicyclic) bond motifs is 1. The molecule has 24 heavy (non-hydrogen) atoms. The highest BCUT2D eigenvalue weighted by molar-refractivity contribution is 6.30. The summed E-state index contributed by atoms with van der Waals surface area (Å²) in [5.41, 5.74) is 2.97. The van der Waals surface area contributed by atoms with E-state index in [2.05, 4.69) is 16.5 Å². The summed E-state index contributed by atoms with van der Waals surface area (Å²) in [6, 6.07) is 9.89. The number of carbonyl (C=O) groups excluding carboxylic acids is 1. The van der Waals surface area contributed by atoms with Gasteiger partial charge in [-0.25, -0.2) is 0 Å². The molecular formula is C18H21ClN4O. The van der Waals surface area contributed by atoms with Crippen molar-refractivity contribution in [3.05, 3.63) is 52.3 Å². The van der Waals surface area contributed by atoms with Crippen molar-refractivity contribution in [3.8, 4) is 0 Å². The molecule has 2 aromatic rings. The molecule has 0 bridgehead atoms. The number of rotatable bonds is 3. The number of aromatic nitrogens is 2. The fourth-order valence-corrected chi connectivity index (χ4v) is 3.82. The molecule has 1 N–H and O–H groups in total. The molecule has 6 heteroatoms. The molecule has 5 nitrogen and oxygen atoms in total. The summed E-state index contributed by atoms with van der Waals surface area (Å²) in [6.07, 6.45) is 0.755. The fourth-order valence-electron chi connectivity index (χ4n) is 3.69. The van der Waals surface area contributed by atoms with Crippen LogP contribution in [0.1, 0.15) is 17.0 Å². The summed E-state index contributed by atoms with van der Waals surface area (Å²) in [4.78, 5) is 15.2. The van der Waals surface area contributed by atoms with E-state index in [1.54, 1.807) is 0 Å². The number of nitrogens with one attached hydrogen (secondary N) is 1. The number of aryl methyl sites for hydroxylation is 1. The van der Waals surface area contributed by atoms with Gasteiger partial charge in [0, 0.05) is 24.7 Å². The van der Waals surface area contributed by atoms with Gasteiger partial charge in [-0.1, -0.05) is 23.7 Å². The average molecular weight is 345 g/mol. The SMILES string of the molecule is Cc1cc2n(n1)CCN(C(=O)C1(Cc3ccc(Cl)cc3)CNC1)C2. The minimum Gasteiger partial charge on any atom is -0.334 e. The van der Waals surface area contributed by atoms with E-state index in [-0.39, 0.29) is 11.3 Å². The minimum atomic E-state index is -0.328. The Kier molecular flexibility index (Phi) is 3.85. The Balaban J connectivity index is 1.52. The van der Waals surface area contributed by atoms with Crippen molar-refractivity contribution >= 4 is 17.5 Å². The van der Waals surface area contributed by atoms with Gasteiger partial charge in [0.1, 0.15) is 0 Å². The maximum Gasteiger partial charge on any atom is 0.232 e. The Hall–Kier alpha value is -1.85. The molecule has 1 aromatic heterocycles. The Morgan fingerprint density at radius 1 is 1.29 bits per heavy atom. The Bertz CT molecular complexity index is 764. The molecular weight excluding hydrogens is 324 g/mol. The van der Waals surface area contributed by atoms with Crippen LogP contribution in [0.4, 0.5) is 0 Å².